The number of rotatable bonds is 5. The normalized spacial score (nSPS) is 13.6. The van der Waals surface area contributed by atoms with Gasteiger partial charge in [0.15, 0.2) is 0 Å². The SMILES string of the molecule is COC(=O)C1=C(C(=O)OC)N(c2ccc(-c3ccc(C(=O)OC)c(F)c3)cc2)COC1. The minimum absolute atomic E-state index is 0.0206. The Kier molecular flexibility index (Phi) is 6.66. The number of hydrogen-bond donors (Lipinski definition) is 0. The van der Waals surface area contributed by atoms with Crippen molar-refractivity contribution in [3.63, 3.8) is 0 Å². The Morgan fingerprint density at radius 2 is 1.48 bits per heavy atom. The van der Waals surface area contributed by atoms with Crippen LogP contribution in [0.1, 0.15) is 10.4 Å². The summed E-state index contributed by atoms with van der Waals surface area (Å²) in [6, 6.07) is 11.0. The van der Waals surface area contributed by atoms with Crippen molar-refractivity contribution < 1.29 is 37.7 Å². The molecule has 0 atom stereocenters. The van der Waals surface area contributed by atoms with Crippen LogP contribution >= 0.6 is 0 Å². The quantitative estimate of drug-likeness (QED) is 0.529. The van der Waals surface area contributed by atoms with Gasteiger partial charge in [-0.25, -0.2) is 18.8 Å². The Labute approximate surface area is 177 Å². The van der Waals surface area contributed by atoms with Crippen LogP contribution in [0.4, 0.5) is 10.1 Å². The van der Waals surface area contributed by atoms with E-state index in [1.165, 1.54) is 38.4 Å². The van der Waals surface area contributed by atoms with E-state index in [1.54, 1.807) is 30.3 Å². The molecule has 9 heteroatoms. The Morgan fingerprint density at radius 1 is 0.871 bits per heavy atom. The summed E-state index contributed by atoms with van der Waals surface area (Å²) in [6.07, 6.45) is 0. The van der Waals surface area contributed by atoms with Crippen molar-refractivity contribution in [1.82, 2.24) is 0 Å². The second kappa shape index (κ2) is 9.40. The van der Waals surface area contributed by atoms with Gasteiger partial charge in [-0.3, -0.25) is 0 Å². The first-order valence-electron chi connectivity index (χ1n) is 9.14. The van der Waals surface area contributed by atoms with Crippen LogP contribution in [0.25, 0.3) is 11.1 Å². The van der Waals surface area contributed by atoms with E-state index in [0.29, 0.717) is 16.8 Å². The van der Waals surface area contributed by atoms with Gasteiger partial charge in [0.2, 0.25) is 0 Å². The molecular formula is C22H20FNO7. The molecule has 162 valence electrons. The van der Waals surface area contributed by atoms with E-state index in [0.717, 1.165) is 0 Å². The van der Waals surface area contributed by atoms with E-state index in [2.05, 4.69) is 4.74 Å². The first-order valence-corrected chi connectivity index (χ1v) is 9.14. The molecule has 0 fully saturated rings. The maximum Gasteiger partial charge on any atom is 0.355 e. The number of hydrogen-bond acceptors (Lipinski definition) is 8. The average molecular weight is 429 g/mol. The van der Waals surface area contributed by atoms with E-state index >= 15 is 0 Å². The third-order valence-electron chi connectivity index (χ3n) is 4.72. The lowest BCUT2D eigenvalue weighted by atomic mass is 10.0. The monoisotopic (exact) mass is 429 g/mol. The van der Waals surface area contributed by atoms with Crippen molar-refractivity contribution in [2.45, 2.75) is 0 Å². The number of nitrogens with zero attached hydrogens (tertiary/aromatic N) is 1. The van der Waals surface area contributed by atoms with Crippen LogP contribution in [0.2, 0.25) is 0 Å². The number of esters is 3. The zero-order valence-electron chi connectivity index (χ0n) is 17.1. The molecule has 3 rings (SSSR count). The molecule has 0 aromatic heterocycles. The van der Waals surface area contributed by atoms with Gasteiger partial charge < -0.3 is 23.8 Å². The molecule has 0 N–H and O–H groups in total. The minimum atomic E-state index is -0.756. The number of anilines is 1. The van der Waals surface area contributed by atoms with E-state index < -0.39 is 23.7 Å². The summed E-state index contributed by atoms with van der Waals surface area (Å²) in [5.41, 5.74) is 1.69. The largest absolute Gasteiger partial charge is 0.466 e. The summed E-state index contributed by atoms with van der Waals surface area (Å²) in [4.78, 5) is 37.5. The molecule has 1 aliphatic rings. The third kappa shape index (κ3) is 4.41. The van der Waals surface area contributed by atoms with Crippen molar-refractivity contribution in [1.29, 1.82) is 0 Å². The van der Waals surface area contributed by atoms with Gasteiger partial charge in [0, 0.05) is 5.69 Å². The molecule has 1 aliphatic heterocycles. The lowest BCUT2D eigenvalue weighted by Gasteiger charge is -2.31. The number of methoxy groups -OCH3 is 3. The number of carbonyl (C=O) groups is 3. The molecule has 0 saturated heterocycles. The molecule has 2 aromatic carbocycles. The van der Waals surface area contributed by atoms with Crippen LogP contribution in [0.15, 0.2) is 53.7 Å². The second-order valence-electron chi connectivity index (χ2n) is 6.45. The van der Waals surface area contributed by atoms with Gasteiger partial charge in [0.1, 0.15) is 18.2 Å². The van der Waals surface area contributed by atoms with E-state index in [9.17, 15) is 18.8 Å². The van der Waals surface area contributed by atoms with Crippen molar-refractivity contribution in [2.75, 3.05) is 39.6 Å². The Morgan fingerprint density at radius 3 is 2.06 bits per heavy atom. The second-order valence-corrected chi connectivity index (χ2v) is 6.45. The van der Waals surface area contributed by atoms with Crippen LogP contribution in [0.5, 0.6) is 0 Å². The van der Waals surface area contributed by atoms with Gasteiger partial charge in [0.25, 0.3) is 0 Å². The fourth-order valence-electron chi connectivity index (χ4n) is 3.15. The fourth-order valence-corrected chi connectivity index (χ4v) is 3.15. The molecule has 0 saturated carbocycles. The zero-order valence-corrected chi connectivity index (χ0v) is 17.1. The van der Waals surface area contributed by atoms with E-state index in [-0.39, 0.29) is 30.2 Å². The average Bonchev–Trinajstić information content (AvgIpc) is 2.82. The maximum absolute atomic E-state index is 14.2. The molecule has 31 heavy (non-hydrogen) atoms. The Balaban J connectivity index is 1.95. The minimum Gasteiger partial charge on any atom is -0.466 e. The van der Waals surface area contributed by atoms with Gasteiger partial charge in [0.05, 0.1) is 39.1 Å². The summed E-state index contributed by atoms with van der Waals surface area (Å²) in [5.74, 6) is -2.85. The standard InChI is InChI=1S/C22H20FNO7/c1-28-20(25)16-9-6-14(10-18(16)23)13-4-7-15(8-5-13)24-12-31-11-17(21(26)29-2)19(24)22(27)30-3/h4-10H,11-12H2,1-3H3. The predicted molar refractivity (Wildman–Crippen MR) is 108 cm³/mol. The molecule has 1 heterocycles. The van der Waals surface area contributed by atoms with Gasteiger partial charge in [-0.2, -0.15) is 0 Å². The summed E-state index contributed by atoms with van der Waals surface area (Å²) >= 11 is 0. The first kappa shape index (κ1) is 22.0. The number of carbonyl (C=O) groups excluding carboxylic acids is 3. The summed E-state index contributed by atoms with van der Waals surface area (Å²) < 4.78 is 33.8. The fraction of sp³-hybridized carbons (Fsp3) is 0.227. The van der Waals surface area contributed by atoms with Gasteiger partial charge >= 0.3 is 17.9 Å². The molecule has 0 radical (unpaired) electrons. The highest BCUT2D eigenvalue weighted by atomic mass is 19.1. The lowest BCUT2D eigenvalue weighted by Crippen LogP contribution is -2.38. The molecular weight excluding hydrogens is 409 g/mol. The highest BCUT2D eigenvalue weighted by Gasteiger charge is 2.32. The van der Waals surface area contributed by atoms with Crippen LogP contribution in [-0.2, 0) is 28.5 Å². The first-order chi connectivity index (χ1) is 14.9. The third-order valence-corrected chi connectivity index (χ3v) is 4.72. The van der Waals surface area contributed by atoms with Crippen LogP contribution in [0.3, 0.4) is 0 Å². The van der Waals surface area contributed by atoms with Crippen molar-refractivity contribution in [2.24, 2.45) is 0 Å². The Hall–Kier alpha value is -3.72. The smallest absolute Gasteiger partial charge is 0.355 e. The molecule has 8 nitrogen and oxygen atoms in total. The number of benzene rings is 2. The van der Waals surface area contributed by atoms with E-state index in [4.69, 9.17) is 14.2 Å². The summed E-state index contributed by atoms with van der Waals surface area (Å²) in [5, 5.41) is 0. The van der Waals surface area contributed by atoms with Crippen LogP contribution < -0.4 is 4.90 Å². The van der Waals surface area contributed by atoms with Crippen molar-refractivity contribution in [3.05, 3.63) is 65.1 Å². The highest BCUT2D eigenvalue weighted by molar-refractivity contribution is 6.03. The summed E-state index contributed by atoms with van der Waals surface area (Å²) in [7, 11) is 3.61. The van der Waals surface area contributed by atoms with Gasteiger partial charge in [-0.15, -0.1) is 0 Å². The van der Waals surface area contributed by atoms with E-state index in [1.807, 2.05) is 0 Å². The van der Waals surface area contributed by atoms with Crippen LogP contribution in [0, 0.1) is 5.82 Å². The predicted octanol–water partition coefficient (Wildman–Crippen LogP) is 2.67. The van der Waals surface area contributed by atoms with Crippen molar-refractivity contribution >= 4 is 23.6 Å². The topological polar surface area (TPSA) is 91.4 Å². The summed E-state index contributed by atoms with van der Waals surface area (Å²) in [6.45, 7) is -0.0652. The van der Waals surface area contributed by atoms with Crippen molar-refractivity contribution in [3.8, 4) is 11.1 Å². The molecule has 2 aromatic rings. The molecule has 0 aliphatic carbocycles. The van der Waals surface area contributed by atoms with Gasteiger partial charge in [-0.1, -0.05) is 18.2 Å². The molecule has 0 bridgehead atoms. The molecule has 0 unspecified atom stereocenters. The molecule has 0 spiro atoms. The molecule has 0 amide bonds. The highest BCUT2D eigenvalue weighted by Crippen LogP contribution is 2.30. The number of ether oxygens (including phenoxy) is 4. The lowest BCUT2D eigenvalue weighted by molar-refractivity contribution is -0.140. The Bertz CT molecular complexity index is 1050. The maximum atomic E-state index is 14.2. The van der Waals surface area contributed by atoms with Crippen LogP contribution in [-0.4, -0.2) is 52.6 Å². The van der Waals surface area contributed by atoms with Gasteiger partial charge in [-0.05, 0) is 35.4 Å². The number of halogens is 1. The zero-order chi connectivity index (χ0) is 22.5.